The van der Waals surface area contributed by atoms with Crippen LogP contribution in [0.15, 0.2) is 49.2 Å². The van der Waals surface area contributed by atoms with E-state index in [0.717, 1.165) is 29.7 Å². The third-order valence-corrected chi connectivity index (χ3v) is 5.25. The zero-order chi connectivity index (χ0) is 15.4. The molecule has 2 aliphatic rings. The van der Waals surface area contributed by atoms with Crippen molar-refractivity contribution in [2.24, 2.45) is 5.92 Å². The summed E-state index contributed by atoms with van der Waals surface area (Å²) < 4.78 is 2.21. The molecule has 3 atom stereocenters. The number of benzene rings is 1. The number of aliphatic hydroxyl groups excluding tert-OH is 1. The van der Waals surface area contributed by atoms with Crippen molar-refractivity contribution in [2.45, 2.75) is 25.0 Å². The lowest BCUT2D eigenvalue weighted by Crippen LogP contribution is -2.28. The van der Waals surface area contributed by atoms with Gasteiger partial charge in [0.25, 0.3) is 0 Å². The van der Waals surface area contributed by atoms with Gasteiger partial charge in [-0.05, 0) is 24.0 Å². The molecule has 2 aromatic heterocycles. The number of nitrogens with zero attached hydrogens (tertiary/aromatic N) is 4. The van der Waals surface area contributed by atoms with E-state index in [1.54, 1.807) is 12.4 Å². The van der Waals surface area contributed by atoms with Crippen molar-refractivity contribution in [2.75, 3.05) is 0 Å². The van der Waals surface area contributed by atoms with Gasteiger partial charge in [-0.25, -0.2) is 4.98 Å². The molecule has 5 heteroatoms. The van der Waals surface area contributed by atoms with E-state index in [-0.39, 0.29) is 12.0 Å². The van der Waals surface area contributed by atoms with Gasteiger partial charge < -0.3 is 9.67 Å². The van der Waals surface area contributed by atoms with Crippen LogP contribution in [-0.4, -0.2) is 24.9 Å². The van der Waals surface area contributed by atoms with Gasteiger partial charge in [0.1, 0.15) is 0 Å². The summed E-state index contributed by atoms with van der Waals surface area (Å²) in [6.45, 7) is 0. The summed E-state index contributed by atoms with van der Waals surface area (Å²) in [7, 11) is 0. The fourth-order valence-electron chi connectivity index (χ4n) is 4.18. The number of rotatable bonds is 1. The quantitative estimate of drug-likeness (QED) is 0.750. The molecule has 1 aromatic carbocycles. The van der Waals surface area contributed by atoms with Crippen LogP contribution in [0.4, 0.5) is 0 Å². The first kappa shape index (κ1) is 13.0. The highest BCUT2D eigenvalue weighted by Gasteiger charge is 2.40. The summed E-state index contributed by atoms with van der Waals surface area (Å²) in [5.74, 6) is 0.114. The van der Waals surface area contributed by atoms with E-state index in [9.17, 15) is 5.11 Å². The molecule has 0 saturated heterocycles. The van der Waals surface area contributed by atoms with Crippen molar-refractivity contribution in [3.63, 3.8) is 0 Å². The van der Waals surface area contributed by atoms with Crippen molar-refractivity contribution in [3.8, 4) is 11.3 Å². The van der Waals surface area contributed by atoms with Gasteiger partial charge in [-0.15, -0.1) is 0 Å². The fourth-order valence-corrected chi connectivity index (χ4v) is 4.18. The van der Waals surface area contributed by atoms with E-state index in [2.05, 4.69) is 44.0 Å². The minimum Gasteiger partial charge on any atom is -0.388 e. The van der Waals surface area contributed by atoms with Gasteiger partial charge in [-0.3, -0.25) is 0 Å². The molecule has 114 valence electrons. The topological polar surface area (TPSA) is 63.8 Å². The Kier molecular flexibility index (Phi) is 2.67. The Hall–Kier alpha value is -2.53. The van der Waals surface area contributed by atoms with Gasteiger partial charge in [0.15, 0.2) is 0 Å². The second-order valence-electron chi connectivity index (χ2n) is 6.34. The second kappa shape index (κ2) is 4.73. The van der Waals surface area contributed by atoms with Crippen LogP contribution in [0.5, 0.6) is 0 Å². The number of fused-ring (bicyclic) bond motifs is 4. The summed E-state index contributed by atoms with van der Waals surface area (Å²) in [4.78, 5) is 4.32. The van der Waals surface area contributed by atoms with Crippen LogP contribution >= 0.6 is 0 Å². The molecule has 0 saturated carbocycles. The SMILES string of the molecule is O[C@H]1c2cnncc2CC[C@H]1C1c2ccccc2-c2cncn21. The monoisotopic (exact) mass is 304 g/mol. The molecule has 3 aromatic rings. The average Bonchev–Trinajstić information content (AvgIpc) is 3.17. The number of imidazole rings is 1. The van der Waals surface area contributed by atoms with Gasteiger partial charge in [-0.1, -0.05) is 24.3 Å². The highest BCUT2D eigenvalue weighted by atomic mass is 16.3. The molecule has 0 amide bonds. The first-order valence-corrected chi connectivity index (χ1v) is 7.93. The summed E-state index contributed by atoms with van der Waals surface area (Å²) in [6, 6.07) is 8.55. The smallest absolute Gasteiger partial charge is 0.0956 e. The van der Waals surface area contributed by atoms with Crippen LogP contribution in [0.2, 0.25) is 0 Å². The van der Waals surface area contributed by atoms with Crippen molar-refractivity contribution in [1.82, 2.24) is 19.7 Å². The Balaban J connectivity index is 1.64. The van der Waals surface area contributed by atoms with Crippen molar-refractivity contribution < 1.29 is 5.11 Å². The predicted octanol–water partition coefficient (Wildman–Crippen LogP) is 2.54. The molecule has 0 bridgehead atoms. The third-order valence-electron chi connectivity index (χ3n) is 5.25. The number of aryl methyl sites for hydroxylation is 1. The molecule has 1 unspecified atom stereocenters. The average molecular weight is 304 g/mol. The number of hydrogen-bond donors (Lipinski definition) is 1. The Morgan fingerprint density at radius 2 is 1.91 bits per heavy atom. The number of aromatic nitrogens is 4. The largest absolute Gasteiger partial charge is 0.388 e. The first-order valence-electron chi connectivity index (χ1n) is 7.93. The maximum absolute atomic E-state index is 11.0. The highest BCUT2D eigenvalue weighted by Crippen LogP contribution is 2.49. The van der Waals surface area contributed by atoms with Crippen LogP contribution < -0.4 is 0 Å². The lowest BCUT2D eigenvalue weighted by molar-refractivity contribution is 0.0714. The molecule has 0 spiro atoms. The molecule has 1 N–H and O–H groups in total. The lowest BCUT2D eigenvalue weighted by Gasteiger charge is -2.34. The summed E-state index contributed by atoms with van der Waals surface area (Å²) in [6.07, 6.45) is 8.61. The Morgan fingerprint density at radius 1 is 1.04 bits per heavy atom. The Morgan fingerprint density at radius 3 is 2.87 bits per heavy atom. The minimum absolute atomic E-state index is 0.114. The Labute approximate surface area is 133 Å². The van der Waals surface area contributed by atoms with Gasteiger partial charge in [-0.2, -0.15) is 10.2 Å². The van der Waals surface area contributed by atoms with E-state index in [0.29, 0.717) is 0 Å². The minimum atomic E-state index is -0.527. The molecule has 5 nitrogen and oxygen atoms in total. The molecular weight excluding hydrogens is 288 g/mol. The molecular formula is C18H16N4O. The highest BCUT2D eigenvalue weighted by molar-refractivity contribution is 5.69. The molecule has 23 heavy (non-hydrogen) atoms. The maximum Gasteiger partial charge on any atom is 0.0956 e. The Bertz CT molecular complexity index is 888. The van der Waals surface area contributed by atoms with Gasteiger partial charge in [0.05, 0.1) is 42.8 Å². The number of aliphatic hydroxyl groups is 1. The first-order chi connectivity index (χ1) is 11.3. The van der Waals surface area contributed by atoms with E-state index >= 15 is 0 Å². The molecule has 5 rings (SSSR count). The van der Waals surface area contributed by atoms with Crippen LogP contribution in [0.1, 0.15) is 35.3 Å². The molecule has 0 fully saturated rings. The summed E-state index contributed by atoms with van der Waals surface area (Å²) >= 11 is 0. The van der Waals surface area contributed by atoms with Crippen molar-refractivity contribution in [3.05, 3.63) is 65.9 Å². The van der Waals surface area contributed by atoms with Crippen LogP contribution in [0.3, 0.4) is 0 Å². The summed E-state index contributed by atoms with van der Waals surface area (Å²) in [5, 5.41) is 18.9. The van der Waals surface area contributed by atoms with Gasteiger partial charge >= 0.3 is 0 Å². The molecule has 1 aliphatic carbocycles. The van der Waals surface area contributed by atoms with E-state index < -0.39 is 6.10 Å². The second-order valence-corrected chi connectivity index (χ2v) is 6.34. The van der Waals surface area contributed by atoms with Crippen molar-refractivity contribution >= 4 is 0 Å². The van der Waals surface area contributed by atoms with E-state index in [4.69, 9.17) is 0 Å². The molecule has 1 aliphatic heterocycles. The van der Waals surface area contributed by atoms with Crippen LogP contribution in [-0.2, 0) is 6.42 Å². The van der Waals surface area contributed by atoms with E-state index in [1.165, 1.54) is 11.1 Å². The van der Waals surface area contributed by atoms with Crippen LogP contribution in [0.25, 0.3) is 11.3 Å². The standard InChI is InChI=1S/C18H16N4O/c23-18-14(6-5-11-7-20-21-8-15(11)18)17-13-4-2-1-3-12(13)16-9-19-10-22(16)17/h1-4,7-10,14,17-18,23H,5-6H2/t14-,17?,18+/m0/s1. The third kappa shape index (κ3) is 1.74. The zero-order valence-corrected chi connectivity index (χ0v) is 12.5. The normalized spacial score (nSPS) is 24.8. The fraction of sp³-hybridized carbons (Fsp3) is 0.278. The molecule has 3 heterocycles. The van der Waals surface area contributed by atoms with E-state index in [1.807, 2.05) is 12.5 Å². The van der Waals surface area contributed by atoms with Gasteiger partial charge in [0.2, 0.25) is 0 Å². The predicted molar refractivity (Wildman–Crippen MR) is 84.6 cm³/mol. The van der Waals surface area contributed by atoms with Crippen LogP contribution in [0, 0.1) is 5.92 Å². The lowest BCUT2D eigenvalue weighted by atomic mass is 9.77. The van der Waals surface area contributed by atoms with Crippen molar-refractivity contribution in [1.29, 1.82) is 0 Å². The number of hydrogen-bond acceptors (Lipinski definition) is 4. The van der Waals surface area contributed by atoms with Gasteiger partial charge in [0, 0.05) is 17.0 Å². The maximum atomic E-state index is 11.0. The molecule has 0 radical (unpaired) electrons. The zero-order valence-electron chi connectivity index (χ0n) is 12.5. The summed E-state index contributed by atoms with van der Waals surface area (Å²) in [5.41, 5.74) is 5.67.